The second kappa shape index (κ2) is 4.43. The molecule has 1 aromatic carbocycles. The Morgan fingerprint density at radius 1 is 1.31 bits per heavy atom. The molecule has 0 amide bonds. The molecule has 5 heteroatoms. The van der Waals surface area contributed by atoms with Gasteiger partial charge >= 0.3 is 0 Å². The van der Waals surface area contributed by atoms with E-state index in [0.717, 1.165) is 12.1 Å². The standard InChI is InChI=1S/C11H16N2O2S/c1-9-2-4-10(5-3-9)13-16(14,15)11-6-7-12-8-11/h2-5,11-13H,6-8H2,1H3. The van der Waals surface area contributed by atoms with Gasteiger partial charge < -0.3 is 5.32 Å². The van der Waals surface area contributed by atoms with Crippen LogP contribution in [0.4, 0.5) is 5.69 Å². The summed E-state index contributed by atoms with van der Waals surface area (Å²) >= 11 is 0. The van der Waals surface area contributed by atoms with Crippen LogP contribution in [-0.4, -0.2) is 26.8 Å². The van der Waals surface area contributed by atoms with E-state index < -0.39 is 10.0 Å². The lowest BCUT2D eigenvalue weighted by Gasteiger charge is -2.12. The zero-order chi connectivity index (χ0) is 11.6. The Morgan fingerprint density at radius 2 is 2.00 bits per heavy atom. The minimum absolute atomic E-state index is 0.311. The van der Waals surface area contributed by atoms with Crippen molar-refractivity contribution >= 4 is 15.7 Å². The number of sulfonamides is 1. The van der Waals surface area contributed by atoms with Gasteiger partial charge in [0.05, 0.1) is 5.25 Å². The van der Waals surface area contributed by atoms with Crippen LogP contribution < -0.4 is 10.0 Å². The third-order valence-electron chi connectivity index (χ3n) is 2.77. The van der Waals surface area contributed by atoms with Gasteiger partial charge in [0.25, 0.3) is 0 Å². The Morgan fingerprint density at radius 3 is 2.56 bits per heavy atom. The van der Waals surface area contributed by atoms with E-state index in [-0.39, 0.29) is 5.25 Å². The predicted molar refractivity (Wildman–Crippen MR) is 65.0 cm³/mol. The highest BCUT2D eigenvalue weighted by Gasteiger charge is 2.28. The second-order valence-corrected chi connectivity index (χ2v) is 6.09. The van der Waals surface area contributed by atoms with Crippen LogP contribution in [-0.2, 0) is 10.0 Å². The van der Waals surface area contributed by atoms with Crippen molar-refractivity contribution in [1.29, 1.82) is 0 Å². The van der Waals surface area contributed by atoms with Crippen LogP contribution in [0, 0.1) is 6.92 Å². The van der Waals surface area contributed by atoms with Gasteiger partial charge in [0.2, 0.25) is 10.0 Å². The van der Waals surface area contributed by atoms with E-state index in [4.69, 9.17) is 0 Å². The summed E-state index contributed by atoms with van der Waals surface area (Å²) in [6.45, 7) is 3.29. The summed E-state index contributed by atoms with van der Waals surface area (Å²) < 4.78 is 26.5. The summed E-state index contributed by atoms with van der Waals surface area (Å²) in [7, 11) is -3.24. The Hall–Kier alpha value is -1.07. The maximum Gasteiger partial charge on any atom is 0.236 e. The second-order valence-electron chi connectivity index (χ2n) is 4.13. The third-order valence-corrected chi connectivity index (χ3v) is 4.57. The fourth-order valence-electron chi connectivity index (χ4n) is 1.76. The third kappa shape index (κ3) is 2.54. The fraction of sp³-hybridized carbons (Fsp3) is 0.455. The molecule has 0 spiro atoms. The highest BCUT2D eigenvalue weighted by atomic mass is 32.2. The highest BCUT2D eigenvalue weighted by Crippen LogP contribution is 2.16. The van der Waals surface area contributed by atoms with Gasteiger partial charge in [-0.3, -0.25) is 4.72 Å². The Kier molecular flexibility index (Phi) is 3.16. The van der Waals surface area contributed by atoms with Crippen LogP contribution in [0.5, 0.6) is 0 Å². The smallest absolute Gasteiger partial charge is 0.236 e. The van der Waals surface area contributed by atoms with Gasteiger partial charge in [0, 0.05) is 12.2 Å². The molecule has 1 aliphatic rings. The molecule has 4 nitrogen and oxygen atoms in total. The first kappa shape index (κ1) is 11.4. The lowest BCUT2D eigenvalue weighted by atomic mass is 10.2. The van der Waals surface area contributed by atoms with E-state index in [2.05, 4.69) is 10.0 Å². The Bertz CT molecular complexity index is 447. The van der Waals surface area contributed by atoms with Crippen molar-refractivity contribution in [2.24, 2.45) is 0 Å². The van der Waals surface area contributed by atoms with Crippen LogP contribution in [0.2, 0.25) is 0 Å². The molecule has 0 radical (unpaired) electrons. The average molecular weight is 240 g/mol. The quantitative estimate of drug-likeness (QED) is 0.831. The molecule has 1 unspecified atom stereocenters. The van der Waals surface area contributed by atoms with Crippen LogP contribution in [0.1, 0.15) is 12.0 Å². The number of hydrogen-bond acceptors (Lipinski definition) is 3. The van der Waals surface area contributed by atoms with Gasteiger partial charge in [-0.15, -0.1) is 0 Å². The van der Waals surface area contributed by atoms with Crippen molar-refractivity contribution in [3.8, 4) is 0 Å². The van der Waals surface area contributed by atoms with Gasteiger partial charge in [0.1, 0.15) is 0 Å². The first-order chi connectivity index (χ1) is 7.58. The van der Waals surface area contributed by atoms with Crippen molar-refractivity contribution in [2.75, 3.05) is 17.8 Å². The zero-order valence-electron chi connectivity index (χ0n) is 9.23. The number of anilines is 1. The molecule has 0 bridgehead atoms. The molecule has 1 heterocycles. The molecule has 1 fully saturated rings. The average Bonchev–Trinajstić information content (AvgIpc) is 2.75. The lowest BCUT2D eigenvalue weighted by Crippen LogP contribution is -2.29. The van der Waals surface area contributed by atoms with E-state index in [0.29, 0.717) is 18.7 Å². The lowest BCUT2D eigenvalue weighted by molar-refractivity contribution is 0.588. The molecule has 0 saturated carbocycles. The van der Waals surface area contributed by atoms with Gasteiger partial charge in [0.15, 0.2) is 0 Å². The molecule has 2 N–H and O–H groups in total. The minimum atomic E-state index is -3.24. The normalized spacial score (nSPS) is 20.9. The number of hydrogen-bond donors (Lipinski definition) is 2. The van der Waals surface area contributed by atoms with E-state index in [1.54, 1.807) is 12.1 Å². The van der Waals surface area contributed by atoms with Crippen LogP contribution in [0.3, 0.4) is 0 Å². The van der Waals surface area contributed by atoms with Gasteiger partial charge in [-0.05, 0) is 32.0 Å². The molecule has 1 aromatic rings. The van der Waals surface area contributed by atoms with E-state index in [9.17, 15) is 8.42 Å². The van der Waals surface area contributed by atoms with Crippen molar-refractivity contribution < 1.29 is 8.42 Å². The van der Waals surface area contributed by atoms with Crippen molar-refractivity contribution in [3.05, 3.63) is 29.8 Å². The summed E-state index contributed by atoms with van der Waals surface area (Å²) in [5.74, 6) is 0. The summed E-state index contributed by atoms with van der Waals surface area (Å²) in [6, 6.07) is 7.36. The van der Waals surface area contributed by atoms with Crippen LogP contribution in [0.15, 0.2) is 24.3 Å². The summed E-state index contributed by atoms with van der Waals surface area (Å²) in [5, 5.41) is 2.74. The van der Waals surface area contributed by atoms with Gasteiger partial charge in [-0.1, -0.05) is 17.7 Å². The fourth-order valence-corrected chi connectivity index (χ4v) is 3.16. The Labute approximate surface area is 96.1 Å². The number of benzene rings is 1. The monoisotopic (exact) mass is 240 g/mol. The molecule has 2 rings (SSSR count). The van der Waals surface area contributed by atoms with Crippen LogP contribution >= 0.6 is 0 Å². The SMILES string of the molecule is Cc1ccc(NS(=O)(=O)C2CCNC2)cc1. The maximum atomic E-state index is 11.9. The van der Waals surface area contributed by atoms with E-state index >= 15 is 0 Å². The summed E-state index contributed by atoms with van der Waals surface area (Å²) in [4.78, 5) is 0. The van der Waals surface area contributed by atoms with Gasteiger partial charge in [-0.2, -0.15) is 0 Å². The minimum Gasteiger partial charge on any atom is -0.315 e. The maximum absolute atomic E-state index is 11.9. The van der Waals surface area contributed by atoms with Crippen molar-refractivity contribution in [1.82, 2.24) is 5.32 Å². The molecule has 1 saturated heterocycles. The van der Waals surface area contributed by atoms with E-state index in [1.807, 2.05) is 19.1 Å². The summed E-state index contributed by atoms with van der Waals surface area (Å²) in [5.41, 5.74) is 1.75. The molecule has 88 valence electrons. The first-order valence-electron chi connectivity index (χ1n) is 5.37. The predicted octanol–water partition coefficient (Wildman–Crippen LogP) is 1.10. The van der Waals surface area contributed by atoms with E-state index in [1.165, 1.54) is 0 Å². The largest absolute Gasteiger partial charge is 0.315 e. The summed E-state index contributed by atoms with van der Waals surface area (Å²) in [6.07, 6.45) is 0.682. The zero-order valence-corrected chi connectivity index (χ0v) is 10.0. The van der Waals surface area contributed by atoms with Crippen molar-refractivity contribution in [2.45, 2.75) is 18.6 Å². The molecular weight excluding hydrogens is 224 g/mol. The van der Waals surface area contributed by atoms with Crippen molar-refractivity contribution in [3.63, 3.8) is 0 Å². The number of rotatable bonds is 3. The molecule has 1 aliphatic heterocycles. The molecule has 1 atom stereocenters. The topological polar surface area (TPSA) is 58.2 Å². The Balaban J connectivity index is 2.11. The number of aryl methyl sites for hydroxylation is 1. The molecule has 0 aliphatic carbocycles. The van der Waals surface area contributed by atoms with Crippen LogP contribution in [0.25, 0.3) is 0 Å². The molecule has 0 aromatic heterocycles. The highest BCUT2D eigenvalue weighted by molar-refractivity contribution is 7.93. The molecule has 16 heavy (non-hydrogen) atoms. The molecular formula is C11H16N2O2S. The number of nitrogens with one attached hydrogen (secondary N) is 2. The van der Waals surface area contributed by atoms with Gasteiger partial charge in [-0.25, -0.2) is 8.42 Å². The first-order valence-corrected chi connectivity index (χ1v) is 6.91.